The van der Waals surface area contributed by atoms with Crippen LogP contribution in [0.25, 0.3) is 0 Å². The Kier molecular flexibility index (Phi) is 8.44. The number of hydrogen-bond acceptors (Lipinski definition) is 7. The Labute approximate surface area is 200 Å². The number of nitrogens with zero attached hydrogens (tertiary/aromatic N) is 2. The molecule has 0 spiro atoms. The van der Waals surface area contributed by atoms with E-state index in [9.17, 15) is 14.7 Å². The molecule has 2 aliphatic heterocycles. The number of anilines is 1. The summed E-state index contributed by atoms with van der Waals surface area (Å²) in [5.74, 6) is 1.13. The lowest BCUT2D eigenvalue weighted by Gasteiger charge is -2.44. The number of hydrogen-bond donors (Lipinski definition) is 3. The first kappa shape index (κ1) is 24.9. The molecule has 1 aromatic rings. The third-order valence-corrected chi connectivity index (χ3v) is 7.23. The van der Waals surface area contributed by atoms with Crippen LogP contribution in [0.1, 0.15) is 62.8 Å². The Morgan fingerprint density at radius 2 is 1.91 bits per heavy atom. The summed E-state index contributed by atoms with van der Waals surface area (Å²) in [6.07, 6.45) is 6.45. The molecular formula is C24H38N4O6. The van der Waals surface area contributed by atoms with Crippen molar-refractivity contribution in [1.82, 2.24) is 15.4 Å². The van der Waals surface area contributed by atoms with E-state index in [0.717, 1.165) is 6.54 Å². The minimum absolute atomic E-state index is 0.0178. The van der Waals surface area contributed by atoms with E-state index in [1.165, 1.54) is 32.1 Å². The SMILES string of the molecule is Cc1noc(C)c1NC(=O)N1C[C@@H](O)COC[C@H]2O[C@@H](CC(=O)NCC3CCCCC3)CC[C@@H]21. The fourth-order valence-electron chi connectivity index (χ4n) is 5.34. The smallest absolute Gasteiger partial charge is 0.322 e. The van der Waals surface area contributed by atoms with Crippen LogP contribution in [0.3, 0.4) is 0 Å². The van der Waals surface area contributed by atoms with Gasteiger partial charge < -0.3 is 34.6 Å². The van der Waals surface area contributed by atoms with E-state index in [4.69, 9.17) is 14.0 Å². The Morgan fingerprint density at radius 3 is 2.65 bits per heavy atom. The summed E-state index contributed by atoms with van der Waals surface area (Å²) in [5, 5.41) is 20.2. The number of aryl methyl sites for hydroxylation is 2. The number of fused-ring (bicyclic) bond motifs is 1. The van der Waals surface area contributed by atoms with Gasteiger partial charge in [0.25, 0.3) is 0 Å². The molecule has 0 unspecified atom stereocenters. The number of carbonyl (C=O) groups excluding carboxylic acids is 2. The van der Waals surface area contributed by atoms with Crippen molar-refractivity contribution in [3.8, 4) is 0 Å². The van der Waals surface area contributed by atoms with Gasteiger partial charge in [-0.15, -0.1) is 0 Å². The van der Waals surface area contributed by atoms with Gasteiger partial charge in [-0.25, -0.2) is 4.79 Å². The fraction of sp³-hybridized carbons (Fsp3) is 0.792. The van der Waals surface area contributed by atoms with Crippen molar-refractivity contribution in [3.05, 3.63) is 11.5 Å². The average molecular weight is 479 g/mol. The van der Waals surface area contributed by atoms with Crippen molar-refractivity contribution in [2.45, 2.75) is 89.6 Å². The standard InChI is InChI=1S/C24H38N4O6/c1-15-23(16(2)34-27-15)26-24(31)28-12-18(29)13-32-14-21-20(28)9-8-19(33-21)10-22(30)25-11-17-6-4-3-5-7-17/h17-21,29H,3-14H2,1-2H3,(H,25,30)(H,26,31)/t18-,19-,20+,21-/m1/s1. The highest BCUT2D eigenvalue weighted by molar-refractivity contribution is 5.90. The van der Waals surface area contributed by atoms with Gasteiger partial charge in [-0.3, -0.25) is 4.79 Å². The number of carbonyl (C=O) groups is 2. The van der Waals surface area contributed by atoms with E-state index in [1.807, 2.05) is 0 Å². The number of aliphatic hydroxyl groups excluding tert-OH is 1. The molecule has 4 atom stereocenters. The molecule has 2 saturated heterocycles. The van der Waals surface area contributed by atoms with Crippen molar-refractivity contribution in [1.29, 1.82) is 0 Å². The maximum atomic E-state index is 13.2. The normalized spacial score (nSPS) is 28.5. The topological polar surface area (TPSA) is 126 Å². The van der Waals surface area contributed by atoms with Crippen LogP contribution >= 0.6 is 0 Å². The maximum absolute atomic E-state index is 13.2. The Bertz CT molecular complexity index is 820. The number of urea groups is 1. The van der Waals surface area contributed by atoms with Crippen molar-refractivity contribution in [2.24, 2.45) is 5.92 Å². The third kappa shape index (κ3) is 6.28. The quantitative estimate of drug-likeness (QED) is 0.594. The van der Waals surface area contributed by atoms with E-state index in [1.54, 1.807) is 18.7 Å². The van der Waals surface area contributed by atoms with E-state index in [0.29, 0.717) is 42.3 Å². The maximum Gasteiger partial charge on any atom is 0.322 e. The molecule has 0 aromatic carbocycles. The monoisotopic (exact) mass is 478 g/mol. The predicted molar refractivity (Wildman–Crippen MR) is 124 cm³/mol. The van der Waals surface area contributed by atoms with Gasteiger partial charge in [-0.05, 0) is 45.4 Å². The summed E-state index contributed by atoms with van der Waals surface area (Å²) in [4.78, 5) is 27.4. The van der Waals surface area contributed by atoms with Crippen LogP contribution in [0.2, 0.25) is 0 Å². The Balaban J connectivity index is 1.35. The number of nitrogens with one attached hydrogen (secondary N) is 2. The van der Waals surface area contributed by atoms with Crippen LogP contribution < -0.4 is 10.6 Å². The molecule has 10 heteroatoms. The number of rotatable bonds is 5. The molecule has 3 aliphatic rings. The summed E-state index contributed by atoms with van der Waals surface area (Å²) < 4.78 is 17.1. The molecule has 0 radical (unpaired) electrons. The molecule has 1 aliphatic carbocycles. The van der Waals surface area contributed by atoms with Crippen LogP contribution in [-0.2, 0) is 14.3 Å². The van der Waals surface area contributed by atoms with E-state index in [-0.39, 0.29) is 49.9 Å². The number of aromatic nitrogens is 1. The molecule has 3 fully saturated rings. The highest BCUT2D eigenvalue weighted by Crippen LogP contribution is 2.29. The number of aliphatic hydroxyl groups is 1. The second-order valence-corrected chi connectivity index (χ2v) is 9.93. The summed E-state index contributed by atoms with van der Waals surface area (Å²) in [7, 11) is 0. The van der Waals surface area contributed by atoms with Gasteiger partial charge in [0.15, 0.2) is 5.76 Å². The van der Waals surface area contributed by atoms with Gasteiger partial charge in [-0.1, -0.05) is 24.4 Å². The largest absolute Gasteiger partial charge is 0.389 e. The van der Waals surface area contributed by atoms with E-state index in [2.05, 4.69) is 15.8 Å². The molecular weight excluding hydrogens is 440 g/mol. The first-order chi connectivity index (χ1) is 16.4. The predicted octanol–water partition coefficient (Wildman–Crippen LogP) is 2.52. The first-order valence-electron chi connectivity index (χ1n) is 12.6. The molecule has 1 aromatic heterocycles. The van der Waals surface area contributed by atoms with Gasteiger partial charge in [0.05, 0.1) is 44.4 Å². The molecule has 4 rings (SSSR count). The lowest BCUT2D eigenvalue weighted by molar-refractivity contribution is -0.149. The van der Waals surface area contributed by atoms with Crippen LogP contribution in [0.15, 0.2) is 4.52 Å². The fourth-order valence-corrected chi connectivity index (χ4v) is 5.34. The molecule has 3 heterocycles. The molecule has 3 amide bonds. The minimum Gasteiger partial charge on any atom is -0.389 e. The second-order valence-electron chi connectivity index (χ2n) is 9.93. The van der Waals surface area contributed by atoms with Gasteiger partial charge in [0.2, 0.25) is 5.91 Å². The molecule has 3 N–H and O–H groups in total. The number of ether oxygens (including phenoxy) is 2. The molecule has 34 heavy (non-hydrogen) atoms. The van der Waals surface area contributed by atoms with Crippen molar-refractivity contribution >= 4 is 17.6 Å². The van der Waals surface area contributed by atoms with Gasteiger partial charge in [-0.2, -0.15) is 0 Å². The van der Waals surface area contributed by atoms with Gasteiger partial charge in [0.1, 0.15) is 17.5 Å². The summed E-state index contributed by atoms with van der Waals surface area (Å²) >= 11 is 0. The summed E-state index contributed by atoms with van der Waals surface area (Å²) in [6, 6.07) is -0.602. The minimum atomic E-state index is -0.792. The van der Waals surface area contributed by atoms with Crippen LogP contribution in [0.4, 0.5) is 10.5 Å². The lowest BCUT2D eigenvalue weighted by Crippen LogP contribution is -2.58. The van der Waals surface area contributed by atoms with Crippen LogP contribution in [0, 0.1) is 19.8 Å². The molecule has 0 bridgehead atoms. The molecule has 1 saturated carbocycles. The number of amides is 3. The lowest BCUT2D eigenvalue weighted by atomic mass is 9.89. The van der Waals surface area contributed by atoms with Gasteiger partial charge >= 0.3 is 6.03 Å². The Morgan fingerprint density at radius 1 is 1.12 bits per heavy atom. The van der Waals surface area contributed by atoms with Crippen molar-refractivity contribution < 1.29 is 28.7 Å². The highest BCUT2D eigenvalue weighted by Gasteiger charge is 2.40. The van der Waals surface area contributed by atoms with E-state index < -0.39 is 6.10 Å². The Hall–Kier alpha value is -2.17. The number of β-amino-alcohol motifs (C(OH)–C–C–N with tert-alkyl or cyclic N) is 1. The molecule has 190 valence electrons. The van der Waals surface area contributed by atoms with Gasteiger partial charge in [0, 0.05) is 6.54 Å². The van der Waals surface area contributed by atoms with Crippen LogP contribution in [0.5, 0.6) is 0 Å². The molecule has 10 nitrogen and oxygen atoms in total. The zero-order valence-electron chi connectivity index (χ0n) is 20.3. The first-order valence-corrected chi connectivity index (χ1v) is 12.6. The summed E-state index contributed by atoms with van der Waals surface area (Å²) in [6.45, 7) is 4.76. The third-order valence-electron chi connectivity index (χ3n) is 7.23. The van der Waals surface area contributed by atoms with E-state index >= 15 is 0 Å². The summed E-state index contributed by atoms with van der Waals surface area (Å²) in [5.41, 5.74) is 1.14. The zero-order chi connectivity index (χ0) is 24.1. The highest BCUT2D eigenvalue weighted by atomic mass is 16.5. The van der Waals surface area contributed by atoms with Crippen molar-refractivity contribution in [2.75, 3.05) is 31.6 Å². The zero-order valence-corrected chi connectivity index (χ0v) is 20.3. The second kappa shape index (κ2) is 11.5. The van der Waals surface area contributed by atoms with Crippen LogP contribution in [-0.4, -0.2) is 77.8 Å². The average Bonchev–Trinajstić information content (AvgIpc) is 3.13. The van der Waals surface area contributed by atoms with Crippen molar-refractivity contribution in [3.63, 3.8) is 0 Å².